The van der Waals surface area contributed by atoms with Crippen molar-refractivity contribution in [2.75, 3.05) is 5.73 Å². The Balaban J connectivity index is 1.54. The van der Waals surface area contributed by atoms with Crippen molar-refractivity contribution in [3.05, 3.63) is 88.7 Å². The predicted octanol–water partition coefficient (Wildman–Crippen LogP) is 1.71. The zero-order chi connectivity index (χ0) is 26.2. The zero-order valence-electron chi connectivity index (χ0n) is 20.0. The van der Waals surface area contributed by atoms with E-state index in [4.69, 9.17) is 10.7 Å². The quantitative estimate of drug-likeness (QED) is 0.366. The van der Waals surface area contributed by atoms with Crippen LogP contribution in [0.3, 0.4) is 0 Å². The second-order valence-electron chi connectivity index (χ2n) is 8.39. The molecule has 0 spiro atoms. The fraction of sp³-hybridized carbons (Fsp3) is 0.0800. The molecule has 13 heteroatoms. The Labute approximate surface area is 214 Å². The van der Waals surface area contributed by atoms with Gasteiger partial charge in [0.2, 0.25) is 17.3 Å². The SMILES string of the molecule is Cn1cc(-c2c(-c3ccc(C#N)cc3)nc(N)n3nc(Cn4nnnc4-c4ccccn4)nc23)ccc1=O. The maximum Gasteiger partial charge on any atom is 0.250 e. The highest BCUT2D eigenvalue weighted by molar-refractivity contribution is 5.90. The second kappa shape index (κ2) is 9.03. The molecule has 5 aromatic heterocycles. The summed E-state index contributed by atoms with van der Waals surface area (Å²) in [7, 11) is 1.67. The molecule has 0 aliphatic heterocycles. The maximum atomic E-state index is 12.1. The van der Waals surface area contributed by atoms with E-state index in [9.17, 15) is 10.1 Å². The van der Waals surface area contributed by atoms with Crippen molar-refractivity contribution in [1.29, 1.82) is 5.26 Å². The van der Waals surface area contributed by atoms with E-state index >= 15 is 0 Å². The first-order valence-corrected chi connectivity index (χ1v) is 11.4. The van der Waals surface area contributed by atoms with Gasteiger partial charge in [0.05, 0.1) is 22.9 Å². The molecule has 6 aromatic rings. The first-order chi connectivity index (χ1) is 18.5. The third kappa shape index (κ3) is 3.91. The first kappa shape index (κ1) is 22.7. The van der Waals surface area contributed by atoms with E-state index in [2.05, 4.69) is 36.7 Å². The molecule has 38 heavy (non-hydrogen) atoms. The summed E-state index contributed by atoms with van der Waals surface area (Å²) in [5, 5.41) is 25.7. The highest BCUT2D eigenvalue weighted by Crippen LogP contribution is 2.34. The molecule has 0 amide bonds. The van der Waals surface area contributed by atoms with Crippen LogP contribution in [0.2, 0.25) is 0 Å². The van der Waals surface area contributed by atoms with Crippen LogP contribution in [0.5, 0.6) is 0 Å². The highest BCUT2D eigenvalue weighted by atomic mass is 16.1. The van der Waals surface area contributed by atoms with Crippen LogP contribution < -0.4 is 11.3 Å². The van der Waals surface area contributed by atoms with Gasteiger partial charge < -0.3 is 10.3 Å². The van der Waals surface area contributed by atoms with Crippen LogP contribution in [0.4, 0.5) is 5.95 Å². The Morgan fingerprint density at radius 2 is 1.84 bits per heavy atom. The third-order valence-electron chi connectivity index (χ3n) is 5.93. The van der Waals surface area contributed by atoms with Crippen LogP contribution in [0.15, 0.2) is 71.8 Å². The van der Waals surface area contributed by atoms with Crippen molar-refractivity contribution >= 4 is 11.6 Å². The summed E-state index contributed by atoms with van der Waals surface area (Å²) in [4.78, 5) is 25.9. The molecule has 0 fully saturated rings. The van der Waals surface area contributed by atoms with Gasteiger partial charge in [-0.25, -0.2) is 14.6 Å². The summed E-state index contributed by atoms with van der Waals surface area (Å²) in [5.74, 6) is 0.978. The minimum absolute atomic E-state index is 0.119. The first-order valence-electron chi connectivity index (χ1n) is 11.4. The largest absolute Gasteiger partial charge is 0.368 e. The van der Waals surface area contributed by atoms with Crippen LogP contribution in [-0.2, 0) is 13.6 Å². The smallest absolute Gasteiger partial charge is 0.250 e. The Kier molecular flexibility index (Phi) is 5.39. The lowest BCUT2D eigenvalue weighted by atomic mass is 10.0. The van der Waals surface area contributed by atoms with Crippen molar-refractivity contribution in [1.82, 2.24) is 49.3 Å². The van der Waals surface area contributed by atoms with Gasteiger partial charge in [-0.3, -0.25) is 9.78 Å². The average Bonchev–Trinajstić information content (AvgIpc) is 3.58. The molecule has 0 saturated heterocycles. The summed E-state index contributed by atoms with van der Waals surface area (Å²) in [6.45, 7) is 0.152. The van der Waals surface area contributed by atoms with Gasteiger partial charge >= 0.3 is 0 Å². The van der Waals surface area contributed by atoms with E-state index in [0.29, 0.717) is 45.4 Å². The number of nitrogens with zero attached hydrogens (tertiary/aromatic N) is 11. The molecule has 5 heterocycles. The molecule has 2 N–H and O–H groups in total. The summed E-state index contributed by atoms with van der Waals surface area (Å²) in [6, 6.07) is 17.7. The number of hydrogen-bond acceptors (Lipinski definition) is 10. The Morgan fingerprint density at radius 3 is 2.58 bits per heavy atom. The monoisotopic (exact) mass is 502 g/mol. The van der Waals surface area contributed by atoms with Gasteiger partial charge in [-0.15, -0.1) is 10.2 Å². The number of tetrazole rings is 1. The summed E-state index contributed by atoms with van der Waals surface area (Å²) in [5.41, 5.74) is 10.3. The van der Waals surface area contributed by atoms with E-state index in [-0.39, 0.29) is 18.1 Å². The van der Waals surface area contributed by atoms with Crippen LogP contribution in [0.25, 0.3) is 39.5 Å². The number of rotatable bonds is 5. The topological polar surface area (TPSA) is 171 Å². The maximum absolute atomic E-state index is 12.1. The Morgan fingerprint density at radius 1 is 1.03 bits per heavy atom. The summed E-state index contributed by atoms with van der Waals surface area (Å²) < 4.78 is 4.48. The van der Waals surface area contributed by atoms with E-state index < -0.39 is 0 Å². The van der Waals surface area contributed by atoms with E-state index in [1.165, 1.54) is 15.1 Å². The fourth-order valence-electron chi connectivity index (χ4n) is 4.11. The minimum Gasteiger partial charge on any atom is -0.368 e. The third-order valence-corrected chi connectivity index (χ3v) is 5.93. The van der Waals surface area contributed by atoms with Crippen LogP contribution in [0.1, 0.15) is 11.4 Å². The van der Waals surface area contributed by atoms with Gasteiger partial charge in [-0.1, -0.05) is 18.2 Å². The van der Waals surface area contributed by atoms with Crippen molar-refractivity contribution < 1.29 is 0 Å². The van der Waals surface area contributed by atoms with Crippen molar-refractivity contribution in [2.45, 2.75) is 6.54 Å². The molecule has 0 aliphatic rings. The minimum atomic E-state index is -0.156. The number of benzene rings is 1. The molecular weight excluding hydrogens is 484 g/mol. The van der Waals surface area contributed by atoms with Gasteiger partial charge in [-0.05, 0) is 40.8 Å². The number of hydrogen-bond donors (Lipinski definition) is 1. The van der Waals surface area contributed by atoms with Gasteiger partial charge in [0, 0.05) is 36.6 Å². The Hall–Kier alpha value is -5.77. The van der Waals surface area contributed by atoms with Crippen LogP contribution >= 0.6 is 0 Å². The molecule has 13 nitrogen and oxygen atoms in total. The predicted molar refractivity (Wildman–Crippen MR) is 136 cm³/mol. The van der Waals surface area contributed by atoms with Gasteiger partial charge in [0.15, 0.2) is 11.5 Å². The molecule has 184 valence electrons. The van der Waals surface area contributed by atoms with Gasteiger partial charge in [0.1, 0.15) is 12.2 Å². The normalized spacial score (nSPS) is 11.1. The lowest BCUT2D eigenvalue weighted by molar-refractivity contribution is 0.627. The Bertz CT molecular complexity index is 1900. The lowest BCUT2D eigenvalue weighted by Gasteiger charge is -2.12. The number of nitrogen functional groups attached to an aromatic ring is 1. The number of nitriles is 1. The molecule has 0 unspecified atom stereocenters. The average molecular weight is 503 g/mol. The highest BCUT2D eigenvalue weighted by Gasteiger charge is 2.21. The number of aryl methyl sites for hydroxylation is 1. The van der Waals surface area contributed by atoms with Gasteiger partial charge in [0.25, 0.3) is 0 Å². The summed E-state index contributed by atoms with van der Waals surface area (Å²) in [6.07, 6.45) is 3.37. The molecule has 0 radical (unpaired) electrons. The number of fused-ring (bicyclic) bond motifs is 1. The van der Waals surface area contributed by atoms with Crippen molar-refractivity contribution in [3.8, 4) is 40.0 Å². The molecule has 6 rings (SSSR count). The van der Waals surface area contributed by atoms with Crippen LogP contribution in [0, 0.1) is 11.3 Å². The summed E-state index contributed by atoms with van der Waals surface area (Å²) >= 11 is 0. The van der Waals surface area contributed by atoms with E-state index in [1.807, 2.05) is 18.2 Å². The molecule has 0 saturated carbocycles. The molecule has 0 bridgehead atoms. The van der Waals surface area contributed by atoms with Crippen molar-refractivity contribution in [2.24, 2.45) is 7.05 Å². The van der Waals surface area contributed by atoms with Crippen molar-refractivity contribution in [3.63, 3.8) is 0 Å². The lowest BCUT2D eigenvalue weighted by Crippen LogP contribution is -2.14. The number of nitrogens with two attached hydrogens (primary N) is 1. The van der Waals surface area contributed by atoms with E-state index in [0.717, 1.165) is 5.56 Å². The molecule has 0 aliphatic carbocycles. The van der Waals surface area contributed by atoms with E-state index in [1.54, 1.807) is 54.5 Å². The van der Waals surface area contributed by atoms with Gasteiger partial charge in [-0.2, -0.15) is 9.78 Å². The number of anilines is 1. The molecule has 0 atom stereocenters. The molecular formula is C25H18N12O. The van der Waals surface area contributed by atoms with Crippen LogP contribution in [-0.4, -0.2) is 49.3 Å². The fourth-order valence-corrected chi connectivity index (χ4v) is 4.11. The number of pyridine rings is 2. The second-order valence-corrected chi connectivity index (χ2v) is 8.39. The number of aromatic nitrogens is 10. The standard InChI is InChI=1S/C25H18N12O/c1-35-13-17(9-10-20(35)38)21-22(16-7-5-15(12-26)6-8-16)30-25(27)37-24(21)29-19(32-37)14-36-23(31-33-34-36)18-4-2-3-11-28-18/h2-11,13H,14H2,1H3,(H2,27,30). The molecule has 1 aromatic carbocycles. The zero-order valence-corrected chi connectivity index (χ0v) is 20.0.